The van der Waals surface area contributed by atoms with Crippen LogP contribution in [0.25, 0.3) is 0 Å². The Morgan fingerprint density at radius 3 is 2.53 bits per heavy atom. The van der Waals surface area contributed by atoms with Crippen LogP contribution in [-0.4, -0.2) is 49.1 Å². The topological polar surface area (TPSA) is 44.4 Å². The second-order valence-corrected chi connectivity index (χ2v) is 5.02. The molecule has 19 heavy (non-hydrogen) atoms. The number of carbonyl (C=O) groups is 1. The molecule has 2 aliphatic heterocycles. The maximum Gasteiger partial charge on any atom is 0.237 e. The summed E-state index contributed by atoms with van der Waals surface area (Å²) in [5.74, 6) is 0.199. The van der Waals surface area contributed by atoms with Crippen LogP contribution in [0.4, 0.5) is 0 Å². The van der Waals surface area contributed by atoms with Crippen LogP contribution in [0.3, 0.4) is 0 Å². The normalized spacial score (nSPS) is 24.1. The van der Waals surface area contributed by atoms with Gasteiger partial charge in [-0.25, -0.2) is 0 Å². The second kappa shape index (κ2) is 9.59. The highest BCUT2D eigenvalue weighted by Crippen LogP contribution is 2.11. The van der Waals surface area contributed by atoms with Crippen LogP contribution in [0.15, 0.2) is 12.7 Å². The molecule has 0 aromatic heterocycles. The number of carbonyl (C=O) groups excluding carboxylic acids is 1. The van der Waals surface area contributed by atoms with E-state index in [1.807, 2.05) is 6.08 Å². The number of hydrogen-bond donors (Lipinski definition) is 2. The molecule has 2 N–H and O–H groups in total. The van der Waals surface area contributed by atoms with Crippen LogP contribution in [0.1, 0.15) is 25.7 Å². The zero-order chi connectivity index (χ0) is 12.1. The molecule has 2 fully saturated rings. The van der Waals surface area contributed by atoms with E-state index >= 15 is 0 Å². The Balaban J connectivity index is 0.00000162. The van der Waals surface area contributed by atoms with Gasteiger partial charge in [-0.2, -0.15) is 0 Å². The van der Waals surface area contributed by atoms with E-state index in [9.17, 15) is 4.79 Å². The van der Waals surface area contributed by atoms with Crippen molar-refractivity contribution in [2.45, 2.75) is 37.8 Å². The summed E-state index contributed by atoms with van der Waals surface area (Å²) in [5, 5.41) is 6.41. The van der Waals surface area contributed by atoms with Gasteiger partial charge in [0.2, 0.25) is 5.91 Å². The molecule has 2 rings (SSSR count). The molecule has 0 aromatic carbocycles. The Morgan fingerprint density at radius 2 is 2.00 bits per heavy atom. The Bertz CT molecular complexity index is 275. The number of nitrogens with zero attached hydrogens (tertiary/aromatic N) is 1. The molecule has 6 heteroatoms. The zero-order valence-corrected chi connectivity index (χ0v) is 12.9. The molecular formula is C13H25Cl2N3O. The molecule has 0 aliphatic carbocycles. The molecule has 0 saturated carbocycles. The van der Waals surface area contributed by atoms with Gasteiger partial charge >= 0.3 is 0 Å². The van der Waals surface area contributed by atoms with E-state index in [-0.39, 0.29) is 36.8 Å². The van der Waals surface area contributed by atoms with Gasteiger partial charge in [0.25, 0.3) is 0 Å². The lowest BCUT2D eigenvalue weighted by Crippen LogP contribution is -2.49. The lowest BCUT2D eigenvalue weighted by Gasteiger charge is -2.32. The highest BCUT2D eigenvalue weighted by Gasteiger charge is 2.25. The van der Waals surface area contributed by atoms with E-state index in [0.717, 1.165) is 51.9 Å². The van der Waals surface area contributed by atoms with Crippen LogP contribution < -0.4 is 10.6 Å². The highest BCUT2D eigenvalue weighted by atomic mass is 35.5. The van der Waals surface area contributed by atoms with E-state index in [4.69, 9.17) is 0 Å². The van der Waals surface area contributed by atoms with E-state index in [0.29, 0.717) is 6.04 Å². The van der Waals surface area contributed by atoms with Gasteiger partial charge in [0, 0.05) is 25.7 Å². The Labute approximate surface area is 128 Å². The number of piperidine rings is 1. The minimum atomic E-state index is 0. The monoisotopic (exact) mass is 309 g/mol. The molecule has 0 aromatic rings. The summed E-state index contributed by atoms with van der Waals surface area (Å²) >= 11 is 0. The lowest BCUT2D eigenvalue weighted by molar-refractivity contribution is -0.123. The van der Waals surface area contributed by atoms with Gasteiger partial charge in [-0.3, -0.25) is 9.69 Å². The quantitative estimate of drug-likeness (QED) is 0.771. The van der Waals surface area contributed by atoms with Gasteiger partial charge < -0.3 is 10.6 Å². The summed E-state index contributed by atoms with van der Waals surface area (Å²) in [6, 6.07) is 0.423. The average molecular weight is 310 g/mol. The molecule has 2 saturated heterocycles. The van der Waals surface area contributed by atoms with Gasteiger partial charge in [0.05, 0.1) is 6.04 Å². The van der Waals surface area contributed by atoms with Crippen molar-refractivity contribution >= 4 is 30.7 Å². The van der Waals surface area contributed by atoms with Crippen LogP contribution in [0.2, 0.25) is 0 Å². The van der Waals surface area contributed by atoms with Gasteiger partial charge in [-0.1, -0.05) is 6.08 Å². The first-order chi connectivity index (χ1) is 8.29. The minimum Gasteiger partial charge on any atom is -0.352 e. The molecule has 0 bridgehead atoms. The third kappa shape index (κ3) is 5.69. The van der Waals surface area contributed by atoms with Crippen LogP contribution in [0, 0.1) is 0 Å². The molecule has 0 radical (unpaired) electrons. The highest BCUT2D eigenvalue weighted by molar-refractivity contribution is 5.85. The van der Waals surface area contributed by atoms with Crippen molar-refractivity contribution in [3.63, 3.8) is 0 Å². The van der Waals surface area contributed by atoms with E-state index < -0.39 is 0 Å². The molecule has 4 nitrogen and oxygen atoms in total. The number of likely N-dealkylation sites (tertiary alicyclic amines) is 1. The van der Waals surface area contributed by atoms with E-state index in [1.165, 1.54) is 0 Å². The Morgan fingerprint density at radius 1 is 1.32 bits per heavy atom. The number of amides is 1. The number of rotatable bonds is 4. The van der Waals surface area contributed by atoms with Gasteiger partial charge in [-0.15, -0.1) is 31.4 Å². The van der Waals surface area contributed by atoms with Gasteiger partial charge in [0.1, 0.15) is 0 Å². The summed E-state index contributed by atoms with van der Waals surface area (Å²) in [6.07, 6.45) is 6.18. The summed E-state index contributed by atoms with van der Waals surface area (Å²) in [7, 11) is 0. The third-order valence-electron chi connectivity index (χ3n) is 3.70. The SMILES string of the molecule is C=CCN1CCC(NC(=O)[C@@H]2CCCN2)CC1.Cl.Cl. The lowest BCUT2D eigenvalue weighted by atomic mass is 10.0. The average Bonchev–Trinajstić information content (AvgIpc) is 2.86. The summed E-state index contributed by atoms with van der Waals surface area (Å²) in [5.41, 5.74) is 0. The summed E-state index contributed by atoms with van der Waals surface area (Å²) < 4.78 is 0. The Hall–Kier alpha value is -0.290. The van der Waals surface area contributed by atoms with E-state index in [2.05, 4.69) is 22.1 Å². The smallest absolute Gasteiger partial charge is 0.237 e. The molecule has 0 unspecified atom stereocenters. The second-order valence-electron chi connectivity index (χ2n) is 5.02. The number of hydrogen-bond acceptors (Lipinski definition) is 3. The van der Waals surface area contributed by atoms with Crippen LogP contribution >= 0.6 is 24.8 Å². The van der Waals surface area contributed by atoms with Crippen molar-refractivity contribution in [3.05, 3.63) is 12.7 Å². The Kier molecular flexibility index (Phi) is 9.44. The third-order valence-corrected chi connectivity index (χ3v) is 3.70. The molecule has 2 heterocycles. The summed E-state index contributed by atoms with van der Waals surface area (Å²) in [6.45, 7) is 7.83. The summed E-state index contributed by atoms with van der Waals surface area (Å²) in [4.78, 5) is 14.3. The zero-order valence-electron chi connectivity index (χ0n) is 11.3. The van der Waals surface area contributed by atoms with Crippen molar-refractivity contribution in [2.75, 3.05) is 26.2 Å². The molecule has 2 aliphatic rings. The van der Waals surface area contributed by atoms with Crippen LogP contribution in [0.5, 0.6) is 0 Å². The number of halogens is 2. The fraction of sp³-hybridized carbons (Fsp3) is 0.769. The van der Waals surface area contributed by atoms with E-state index in [1.54, 1.807) is 0 Å². The largest absolute Gasteiger partial charge is 0.352 e. The molecule has 1 atom stereocenters. The fourth-order valence-corrected chi connectivity index (χ4v) is 2.65. The predicted octanol–water partition coefficient (Wildman–Crippen LogP) is 1.35. The van der Waals surface area contributed by atoms with Crippen molar-refractivity contribution in [3.8, 4) is 0 Å². The van der Waals surface area contributed by atoms with Gasteiger partial charge in [-0.05, 0) is 32.2 Å². The molecular weight excluding hydrogens is 285 g/mol. The van der Waals surface area contributed by atoms with Gasteiger partial charge in [0.15, 0.2) is 0 Å². The van der Waals surface area contributed by atoms with Crippen molar-refractivity contribution in [1.82, 2.24) is 15.5 Å². The van der Waals surface area contributed by atoms with Crippen LogP contribution in [-0.2, 0) is 4.79 Å². The van der Waals surface area contributed by atoms with Crippen molar-refractivity contribution in [2.24, 2.45) is 0 Å². The first-order valence-electron chi connectivity index (χ1n) is 6.66. The van der Waals surface area contributed by atoms with Crippen molar-refractivity contribution < 1.29 is 4.79 Å². The first kappa shape index (κ1) is 18.7. The maximum atomic E-state index is 11.9. The predicted molar refractivity (Wildman–Crippen MR) is 83.3 cm³/mol. The molecule has 112 valence electrons. The standard InChI is InChI=1S/C13H23N3O.2ClH/c1-2-8-16-9-5-11(6-10-16)15-13(17)12-4-3-7-14-12;;/h2,11-12,14H,1,3-10H2,(H,15,17);2*1H/t12-;;/m0../s1. The first-order valence-corrected chi connectivity index (χ1v) is 6.66. The fourth-order valence-electron chi connectivity index (χ4n) is 2.65. The molecule has 0 spiro atoms. The maximum absolute atomic E-state index is 11.9. The number of nitrogens with one attached hydrogen (secondary N) is 2. The molecule has 1 amide bonds. The van der Waals surface area contributed by atoms with Crippen molar-refractivity contribution in [1.29, 1.82) is 0 Å². The minimum absolute atomic E-state index is 0.